The second kappa shape index (κ2) is 5.61. The Morgan fingerprint density at radius 1 is 1.56 bits per heavy atom. The molecule has 1 unspecified atom stereocenters. The van der Waals surface area contributed by atoms with E-state index in [1.807, 2.05) is 26.8 Å². The first kappa shape index (κ1) is 12.6. The fourth-order valence-electron chi connectivity index (χ4n) is 1.37. The minimum atomic E-state index is -0.111. The third kappa shape index (κ3) is 3.31. The first-order valence-electron chi connectivity index (χ1n) is 5.27. The Kier molecular flexibility index (Phi) is 4.43. The van der Waals surface area contributed by atoms with Crippen molar-refractivity contribution >= 4 is 5.91 Å². The van der Waals surface area contributed by atoms with Crippen molar-refractivity contribution in [3.63, 3.8) is 0 Å². The number of methoxy groups -OCH3 is 1. The third-order valence-electron chi connectivity index (χ3n) is 2.40. The molecular formula is C12H18N2O2. The molecule has 1 aromatic rings. The summed E-state index contributed by atoms with van der Waals surface area (Å²) in [7, 11) is 1.61. The van der Waals surface area contributed by atoms with Crippen molar-refractivity contribution in [1.82, 2.24) is 10.3 Å². The van der Waals surface area contributed by atoms with Crippen LogP contribution in [-0.4, -0.2) is 30.6 Å². The van der Waals surface area contributed by atoms with Gasteiger partial charge in [0.05, 0.1) is 12.2 Å². The van der Waals surface area contributed by atoms with E-state index >= 15 is 0 Å². The lowest BCUT2D eigenvalue weighted by Gasteiger charge is -2.13. The van der Waals surface area contributed by atoms with Crippen molar-refractivity contribution in [2.75, 3.05) is 13.7 Å². The molecule has 1 heterocycles. The van der Waals surface area contributed by atoms with Gasteiger partial charge < -0.3 is 10.1 Å². The van der Waals surface area contributed by atoms with E-state index < -0.39 is 0 Å². The zero-order chi connectivity index (χ0) is 12.1. The van der Waals surface area contributed by atoms with E-state index in [2.05, 4.69) is 10.3 Å². The minimum absolute atomic E-state index is 0.000825. The van der Waals surface area contributed by atoms with E-state index in [-0.39, 0.29) is 11.9 Å². The highest BCUT2D eigenvalue weighted by molar-refractivity contribution is 5.94. The molecular weight excluding hydrogens is 204 g/mol. The van der Waals surface area contributed by atoms with Crippen LogP contribution in [0.3, 0.4) is 0 Å². The maximum Gasteiger partial charge on any atom is 0.253 e. The van der Waals surface area contributed by atoms with Crippen LogP contribution < -0.4 is 5.32 Å². The summed E-state index contributed by atoms with van der Waals surface area (Å²) >= 11 is 0. The van der Waals surface area contributed by atoms with Crippen LogP contribution in [0.25, 0.3) is 0 Å². The maximum absolute atomic E-state index is 11.8. The van der Waals surface area contributed by atoms with E-state index in [4.69, 9.17) is 4.74 Å². The van der Waals surface area contributed by atoms with Gasteiger partial charge in [0, 0.05) is 25.0 Å². The molecule has 88 valence electrons. The molecule has 16 heavy (non-hydrogen) atoms. The fraction of sp³-hybridized carbons (Fsp3) is 0.500. The number of pyridine rings is 1. The average molecular weight is 222 g/mol. The largest absolute Gasteiger partial charge is 0.383 e. The van der Waals surface area contributed by atoms with Crippen LogP contribution in [0.15, 0.2) is 12.3 Å². The van der Waals surface area contributed by atoms with Gasteiger partial charge in [-0.3, -0.25) is 9.78 Å². The predicted molar refractivity (Wildman–Crippen MR) is 62.5 cm³/mol. The number of carbonyl (C=O) groups is 1. The zero-order valence-corrected chi connectivity index (χ0v) is 10.2. The Labute approximate surface area is 96.0 Å². The average Bonchev–Trinajstić information content (AvgIpc) is 2.22. The molecule has 0 aliphatic rings. The number of carbonyl (C=O) groups excluding carboxylic acids is 1. The molecule has 0 aliphatic heterocycles. The van der Waals surface area contributed by atoms with Gasteiger partial charge >= 0.3 is 0 Å². The number of hydrogen-bond acceptors (Lipinski definition) is 3. The summed E-state index contributed by atoms with van der Waals surface area (Å²) in [5.41, 5.74) is 2.56. The quantitative estimate of drug-likeness (QED) is 0.839. The number of aromatic nitrogens is 1. The number of nitrogens with one attached hydrogen (secondary N) is 1. The molecule has 0 aliphatic carbocycles. The highest BCUT2D eigenvalue weighted by Crippen LogP contribution is 2.06. The first-order valence-corrected chi connectivity index (χ1v) is 5.27. The molecule has 1 N–H and O–H groups in total. The smallest absolute Gasteiger partial charge is 0.253 e. The zero-order valence-electron chi connectivity index (χ0n) is 10.2. The minimum Gasteiger partial charge on any atom is -0.383 e. The number of hydrogen-bond donors (Lipinski definition) is 1. The van der Waals surface area contributed by atoms with Gasteiger partial charge in [-0.15, -0.1) is 0 Å². The van der Waals surface area contributed by atoms with E-state index in [0.29, 0.717) is 12.2 Å². The van der Waals surface area contributed by atoms with Gasteiger partial charge in [0.1, 0.15) is 0 Å². The van der Waals surface area contributed by atoms with Crippen LogP contribution in [0.2, 0.25) is 0 Å². The van der Waals surface area contributed by atoms with Gasteiger partial charge in [0.15, 0.2) is 0 Å². The molecule has 0 spiro atoms. The van der Waals surface area contributed by atoms with Gasteiger partial charge in [0.25, 0.3) is 5.91 Å². The van der Waals surface area contributed by atoms with E-state index in [1.165, 1.54) is 0 Å². The molecule has 1 rings (SSSR count). The number of amides is 1. The van der Waals surface area contributed by atoms with Crippen LogP contribution in [-0.2, 0) is 4.74 Å². The van der Waals surface area contributed by atoms with Crippen LogP contribution in [0, 0.1) is 13.8 Å². The van der Waals surface area contributed by atoms with Gasteiger partial charge in [-0.25, -0.2) is 0 Å². The summed E-state index contributed by atoms with van der Waals surface area (Å²) in [5.74, 6) is -0.111. The Hall–Kier alpha value is -1.42. The third-order valence-corrected chi connectivity index (χ3v) is 2.40. The second-order valence-electron chi connectivity index (χ2n) is 3.96. The summed E-state index contributed by atoms with van der Waals surface area (Å²) in [5, 5.41) is 2.84. The van der Waals surface area contributed by atoms with Crippen molar-refractivity contribution in [1.29, 1.82) is 0 Å². The maximum atomic E-state index is 11.8. The van der Waals surface area contributed by atoms with E-state index in [1.54, 1.807) is 13.3 Å². The number of ether oxygens (including phenoxy) is 1. The monoisotopic (exact) mass is 222 g/mol. The fourth-order valence-corrected chi connectivity index (χ4v) is 1.37. The molecule has 0 saturated carbocycles. The van der Waals surface area contributed by atoms with Crippen LogP contribution >= 0.6 is 0 Å². The Balaban J connectivity index is 2.69. The van der Waals surface area contributed by atoms with Crippen molar-refractivity contribution in [2.45, 2.75) is 26.8 Å². The van der Waals surface area contributed by atoms with Crippen molar-refractivity contribution < 1.29 is 9.53 Å². The first-order chi connectivity index (χ1) is 7.54. The molecule has 0 bridgehead atoms. The van der Waals surface area contributed by atoms with E-state index in [0.717, 1.165) is 11.3 Å². The Morgan fingerprint density at radius 3 is 2.81 bits per heavy atom. The van der Waals surface area contributed by atoms with Gasteiger partial charge in [0.2, 0.25) is 0 Å². The van der Waals surface area contributed by atoms with Crippen LogP contribution in [0.1, 0.15) is 28.5 Å². The molecule has 1 amide bonds. The summed E-state index contributed by atoms with van der Waals surface area (Å²) < 4.78 is 4.95. The lowest BCUT2D eigenvalue weighted by Crippen LogP contribution is -2.35. The number of rotatable bonds is 4. The van der Waals surface area contributed by atoms with Gasteiger partial charge in [-0.1, -0.05) is 0 Å². The highest BCUT2D eigenvalue weighted by atomic mass is 16.5. The summed E-state index contributed by atoms with van der Waals surface area (Å²) in [6.45, 7) is 6.27. The van der Waals surface area contributed by atoms with Crippen molar-refractivity contribution in [2.24, 2.45) is 0 Å². The topological polar surface area (TPSA) is 51.2 Å². The van der Waals surface area contributed by atoms with E-state index in [9.17, 15) is 4.79 Å². The molecule has 0 radical (unpaired) electrons. The Bertz CT molecular complexity index is 377. The summed E-state index contributed by atoms with van der Waals surface area (Å²) in [4.78, 5) is 15.9. The van der Waals surface area contributed by atoms with Crippen molar-refractivity contribution in [3.05, 3.63) is 29.1 Å². The molecule has 0 saturated heterocycles. The summed E-state index contributed by atoms with van der Waals surface area (Å²) in [6, 6.07) is 1.84. The van der Waals surface area contributed by atoms with Crippen LogP contribution in [0.5, 0.6) is 0 Å². The molecule has 4 heteroatoms. The lowest BCUT2D eigenvalue weighted by atomic mass is 10.1. The summed E-state index contributed by atoms with van der Waals surface area (Å²) in [6.07, 6.45) is 1.59. The Morgan fingerprint density at radius 2 is 2.25 bits per heavy atom. The SMILES string of the molecule is COCC(C)NC(=O)c1cnc(C)c(C)c1. The molecule has 1 atom stereocenters. The lowest BCUT2D eigenvalue weighted by molar-refractivity contribution is 0.0905. The molecule has 1 aromatic heterocycles. The second-order valence-corrected chi connectivity index (χ2v) is 3.96. The van der Waals surface area contributed by atoms with Gasteiger partial charge in [-0.2, -0.15) is 0 Å². The number of nitrogens with zero attached hydrogens (tertiary/aromatic N) is 1. The molecule has 0 aromatic carbocycles. The predicted octanol–water partition coefficient (Wildman–Crippen LogP) is 1.46. The molecule has 0 fully saturated rings. The normalized spacial score (nSPS) is 12.2. The van der Waals surface area contributed by atoms with Crippen molar-refractivity contribution in [3.8, 4) is 0 Å². The van der Waals surface area contributed by atoms with Crippen LogP contribution in [0.4, 0.5) is 0 Å². The van der Waals surface area contributed by atoms with Gasteiger partial charge in [-0.05, 0) is 32.4 Å². The number of aryl methyl sites for hydroxylation is 2. The highest BCUT2D eigenvalue weighted by Gasteiger charge is 2.10. The standard InChI is InChI=1S/C12H18N2O2/c1-8-5-11(6-13-10(8)3)12(15)14-9(2)7-16-4/h5-6,9H,7H2,1-4H3,(H,14,15). The molecule has 4 nitrogen and oxygen atoms in total.